The number of amides is 1. The van der Waals surface area contributed by atoms with Crippen LogP contribution >= 0.6 is 11.6 Å². The van der Waals surface area contributed by atoms with E-state index in [1.807, 2.05) is 0 Å². The van der Waals surface area contributed by atoms with Crippen molar-refractivity contribution in [2.24, 2.45) is 0 Å². The number of hydrogen-bond donors (Lipinski definition) is 1. The first-order valence-electron chi connectivity index (χ1n) is 6.21. The topological polar surface area (TPSA) is 40.5 Å². The molecule has 1 aliphatic heterocycles. The summed E-state index contributed by atoms with van der Waals surface area (Å²) in [6.45, 7) is 2.19. The van der Waals surface area contributed by atoms with Crippen molar-refractivity contribution in [1.82, 2.24) is 4.90 Å². The summed E-state index contributed by atoms with van der Waals surface area (Å²) < 4.78 is 25.7. The van der Waals surface area contributed by atoms with Crippen LogP contribution in [-0.2, 0) is 4.79 Å². The molecule has 108 valence electrons. The fourth-order valence-corrected chi connectivity index (χ4v) is 2.34. The normalized spacial score (nSPS) is 19.5. The van der Waals surface area contributed by atoms with Gasteiger partial charge in [0.1, 0.15) is 6.10 Å². The standard InChI is InChI=1S/C14H14ClF2NO2/c1-2-18-7-9(6-12(19)14(18)20)8-3-4-11(15)10(5-8)13(16)17/h3-5,7,12-13,19H,2,6H2,1H3. The van der Waals surface area contributed by atoms with E-state index in [2.05, 4.69) is 0 Å². The minimum atomic E-state index is -2.67. The first-order chi connectivity index (χ1) is 9.43. The van der Waals surface area contributed by atoms with Crippen LogP contribution in [0.3, 0.4) is 0 Å². The molecule has 0 aliphatic carbocycles. The zero-order valence-electron chi connectivity index (χ0n) is 10.8. The summed E-state index contributed by atoms with van der Waals surface area (Å²) >= 11 is 5.72. The Bertz CT molecular complexity index is 560. The zero-order chi connectivity index (χ0) is 14.9. The highest BCUT2D eigenvalue weighted by Gasteiger charge is 2.27. The number of carbonyl (C=O) groups excluding carboxylic acids is 1. The molecule has 20 heavy (non-hydrogen) atoms. The highest BCUT2D eigenvalue weighted by atomic mass is 35.5. The third kappa shape index (κ3) is 2.83. The maximum Gasteiger partial charge on any atom is 0.265 e. The van der Waals surface area contributed by atoms with Gasteiger partial charge in [-0.1, -0.05) is 17.7 Å². The second kappa shape index (κ2) is 5.89. The van der Waals surface area contributed by atoms with Gasteiger partial charge >= 0.3 is 0 Å². The Hall–Kier alpha value is -1.46. The molecule has 1 atom stereocenters. The fourth-order valence-electron chi connectivity index (χ4n) is 2.14. The highest BCUT2D eigenvalue weighted by molar-refractivity contribution is 6.31. The quantitative estimate of drug-likeness (QED) is 0.931. The number of benzene rings is 1. The molecular formula is C14H14ClF2NO2. The zero-order valence-corrected chi connectivity index (χ0v) is 11.6. The SMILES string of the molecule is CCN1C=C(c2ccc(Cl)c(C(F)F)c2)CC(O)C1=O. The molecule has 1 heterocycles. The van der Waals surface area contributed by atoms with Gasteiger partial charge in [-0.2, -0.15) is 0 Å². The average Bonchev–Trinajstić information content (AvgIpc) is 2.42. The van der Waals surface area contributed by atoms with Crippen LogP contribution in [0.5, 0.6) is 0 Å². The van der Waals surface area contributed by atoms with Gasteiger partial charge in [-0.25, -0.2) is 8.78 Å². The molecule has 0 aromatic heterocycles. The first-order valence-corrected chi connectivity index (χ1v) is 6.59. The van der Waals surface area contributed by atoms with Gasteiger partial charge in [0.2, 0.25) is 0 Å². The fraction of sp³-hybridized carbons (Fsp3) is 0.357. The molecule has 1 N–H and O–H groups in total. The molecule has 0 fully saturated rings. The number of nitrogens with zero attached hydrogens (tertiary/aromatic N) is 1. The molecular weight excluding hydrogens is 288 g/mol. The van der Waals surface area contributed by atoms with E-state index < -0.39 is 12.5 Å². The van der Waals surface area contributed by atoms with Gasteiger partial charge < -0.3 is 10.0 Å². The third-order valence-electron chi connectivity index (χ3n) is 3.24. The molecule has 0 saturated heterocycles. The smallest absolute Gasteiger partial charge is 0.265 e. The average molecular weight is 302 g/mol. The van der Waals surface area contributed by atoms with Crippen LogP contribution in [0, 0.1) is 0 Å². The van der Waals surface area contributed by atoms with Crippen molar-refractivity contribution in [3.63, 3.8) is 0 Å². The second-order valence-corrected chi connectivity index (χ2v) is 4.94. The van der Waals surface area contributed by atoms with E-state index in [0.29, 0.717) is 17.7 Å². The lowest BCUT2D eigenvalue weighted by Gasteiger charge is -2.27. The van der Waals surface area contributed by atoms with E-state index in [1.165, 1.54) is 17.0 Å². The summed E-state index contributed by atoms with van der Waals surface area (Å²) in [7, 11) is 0. The maximum absolute atomic E-state index is 12.8. The molecule has 1 amide bonds. The number of hydrogen-bond acceptors (Lipinski definition) is 2. The van der Waals surface area contributed by atoms with Crippen molar-refractivity contribution in [2.75, 3.05) is 6.54 Å². The van der Waals surface area contributed by atoms with Crippen molar-refractivity contribution >= 4 is 23.1 Å². The number of halogens is 3. The number of aliphatic hydroxyl groups is 1. The Morgan fingerprint density at radius 2 is 2.20 bits per heavy atom. The number of aliphatic hydroxyl groups excluding tert-OH is 1. The van der Waals surface area contributed by atoms with E-state index in [-0.39, 0.29) is 22.9 Å². The monoisotopic (exact) mass is 301 g/mol. The van der Waals surface area contributed by atoms with Crippen LogP contribution in [0.1, 0.15) is 30.9 Å². The number of rotatable bonds is 3. The van der Waals surface area contributed by atoms with Crippen molar-refractivity contribution in [2.45, 2.75) is 25.9 Å². The van der Waals surface area contributed by atoms with Gasteiger partial charge in [0.25, 0.3) is 12.3 Å². The molecule has 6 heteroatoms. The molecule has 0 bridgehead atoms. The molecule has 1 unspecified atom stereocenters. The third-order valence-corrected chi connectivity index (χ3v) is 3.58. The summed E-state index contributed by atoms with van der Waals surface area (Å²) in [5.74, 6) is -0.376. The molecule has 1 aromatic rings. The van der Waals surface area contributed by atoms with E-state index in [4.69, 9.17) is 11.6 Å². The van der Waals surface area contributed by atoms with Crippen LogP contribution in [0.25, 0.3) is 5.57 Å². The van der Waals surface area contributed by atoms with Crippen molar-refractivity contribution in [3.05, 3.63) is 40.5 Å². The summed E-state index contributed by atoms with van der Waals surface area (Å²) in [5, 5.41) is 9.74. The van der Waals surface area contributed by atoms with Gasteiger partial charge in [0.15, 0.2) is 0 Å². The van der Waals surface area contributed by atoms with Gasteiger partial charge in [-0.05, 0) is 30.2 Å². The lowest BCUT2D eigenvalue weighted by molar-refractivity contribution is -0.137. The highest BCUT2D eigenvalue weighted by Crippen LogP contribution is 2.32. The van der Waals surface area contributed by atoms with Gasteiger partial charge in [-0.15, -0.1) is 0 Å². The van der Waals surface area contributed by atoms with E-state index in [0.717, 1.165) is 0 Å². The molecule has 0 spiro atoms. The Morgan fingerprint density at radius 3 is 2.80 bits per heavy atom. The van der Waals surface area contributed by atoms with E-state index in [1.54, 1.807) is 19.2 Å². The first kappa shape index (κ1) is 14.9. The van der Waals surface area contributed by atoms with E-state index >= 15 is 0 Å². The lowest BCUT2D eigenvalue weighted by atomic mass is 9.96. The van der Waals surface area contributed by atoms with Gasteiger partial charge in [0.05, 0.1) is 0 Å². The van der Waals surface area contributed by atoms with Crippen LogP contribution < -0.4 is 0 Å². The number of carbonyl (C=O) groups is 1. The van der Waals surface area contributed by atoms with Crippen LogP contribution in [0.15, 0.2) is 24.4 Å². The summed E-state index contributed by atoms with van der Waals surface area (Å²) in [4.78, 5) is 13.0. The Balaban J connectivity index is 2.41. The van der Waals surface area contributed by atoms with Crippen LogP contribution in [-0.4, -0.2) is 28.6 Å². The van der Waals surface area contributed by atoms with E-state index in [9.17, 15) is 18.7 Å². The number of likely N-dealkylation sites (N-methyl/N-ethyl adjacent to an activating group) is 1. The second-order valence-electron chi connectivity index (χ2n) is 4.54. The molecule has 3 nitrogen and oxygen atoms in total. The van der Waals surface area contributed by atoms with Crippen LogP contribution in [0.4, 0.5) is 8.78 Å². The van der Waals surface area contributed by atoms with Crippen molar-refractivity contribution in [3.8, 4) is 0 Å². The van der Waals surface area contributed by atoms with Gasteiger partial charge in [-0.3, -0.25) is 4.79 Å². The largest absolute Gasteiger partial charge is 0.383 e. The van der Waals surface area contributed by atoms with Crippen molar-refractivity contribution < 1.29 is 18.7 Å². The van der Waals surface area contributed by atoms with Crippen LogP contribution in [0.2, 0.25) is 5.02 Å². The molecule has 0 saturated carbocycles. The predicted octanol–water partition coefficient (Wildman–Crippen LogP) is 3.23. The summed E-state index contributed by atoms with van der Waals surface area (Å²) in [5.41, 5.74) is 0.923. The Kier molecular flexibility index (Phi) is 4.40. The maximum atomic E-state index is 12.8. The summed E-state index contributed by atoms with van der Waals surface area (Å²) in [6.07, 6.45) is -2.10. The summed E-state index contributed by atoms with van der Waals surface area (Å²) in [6, 6.07) is 4.31. The Morgan fingerprint density at radius 1 is 1.50 bits per heavy atom. The molecule has 2 rings (SSSR count). The minimum Gasteiger partial charge on any atom is -0.383 e. The Labute approximate surface area is 120 Å². The number of alkyl halides is 2. The lowest BCUT2D eigenvalue weighted by Crippen LogP contribution is -2.39. The molecule has 1 aromatic carbocycles. The van der Waals surface area contributed by atoms with Gasteiger partial charge in [0, 0.05) is 29.8 Å². The predicted molar refractivity (Wildman–Crippen MR) is 72.4 cm³/mol. The molecule has 1 aliphatic rings. The van der Waals surface area contributed by atoms with Crippen molar-refractivity contribution in [1.29, 1.82) is 0 Å². The molecule has 0 radical (unpaired) electrons. The minimum absolute atomic E-state index is 0.00383.